The number of esters is 1. The lowest BCUT2D eigenvalue weighted by Gasteiger charge is -2.09. The highest BCUT2D eigenvalue weighted by molar-refractivity contribution is 5.91. The molecule has 0 heterocycles. The molecule has 4 nitrogen and oxygen atoms in total. The molecule has 0 N–H and O–H groups in total. The van der Waals surface area contributed by atoms with Gasteiger partial charge in [0.1, 0.15) is 11.5 Å². The van der Waals surface area contributed by atoms with Crippen molar-refractivity contribution in [3.63, 3.8) is 0 Å². The molecule has 2 aromatic rings. The van der Waals surface area contributed by atoms with E-state index in [1.165, 1.54) is 12.1 Å². The van der Waals surface area contributed by atoms with E-state index in [9.17, 15) is 9.18 Å². The van der Waals surface area contributed by atoms with Crippen molar-refractivity contribution in [2.75, 3.05) is 13.2 Å². The second kappa shape index (κ2) is 10.4. The highest BCUT2D eigenvalue weighted by Crippen LogP contribution is 2.24. The summed E-state index contributed by atoms with van der Waals surface area (Å²) in [5.41, 5.74) is 0.366. The standard InChI is InChI=1S/C21H25FO4/c1-3-5-6-7-14-25-20-13-12-18(15-19(20)22)26-21(23)16-8-10-17(11-9-16)24-4-2/h8-13,15H,3-7,14H2,1-2H3. The molecule has 0 fully saturated rings. The second-order valence-corrected chi connectivity index (χ2v) is 5.85. The number of rotatable bonds is 10. The molecule has 0 saturated carbocycles. The fourth-order valence-electron chi connectivity index (χ4n) is 2.39. The van der Waals surface area contributed by atoms with Crippen LogP contribution in [0.1, 0.15) is 49.9 Å². The molecule has 0 saturated heterocycles. The summed E-state index contributed by atoms with van der Waals surface area (Å²) in [5, 5.41) is 0. The molecule has 0 atom stereocenters. The highest BCUT2D eigenvalue weighted by Gasteiger charge is 2.11. The number of halogens is 1. The van der Waals surface area contributed by atoms with Gasteiger partial charge in [-0.2, -0.15) is 0 Å². The normalized spacial score (nSPS) is 10.4. The van der Waals surface area contributed by atoms with Crippen LogP contribution < -0.4 is 14.2 Å². The minimum Gasteiger partial charge on any atom is -0.494 e. The monoisotopic (exact) mass is 360 g/mol. The fourth-order valence-corrected chi connectivity index (χ4v) is 2.39. The summed E-state index contributed by atoms with van der Waals surface area (Å²) in [6.45, 7) is 5.04. The average molecular weight is 360 g/mol. The molecular formula is C21H25FO4. The van der Waals surface area contributed by atoms with Gasteiger partial charge in [0.05, 0.1) is 18.8 Å². The number of carbonyl (C=O) groups is 1. The summed E-state index contributed by atoms with van der Waals surface area (Å²) >= 11 is 0. The fraction of sp³-hybridized carbons (Fsp3) is 0.381. The van der Waals surface area contributed by atoms with Crippen LogP contribution in [0.2, 0.25) is 0 Å². The Labute approximate surface area is 153 Å². The van der Waals surface area contributed by atoms with Crippen molar-refractivity contribution < 1.29 is 23.4 Å². The molecule has 0 aliphatic rings. The van der Waals surface area contributed by atoms with Crippen molar-refractivity contribution >= 4 is 5.97 Å². The molecule has 2 rings (SSSR count). The molecule has 26 heavy (non-hydrogen) atoms. The van der Waals surface area contributed by atoms with Crippen LogP contribution in [0.5, 0.6) is 17.2 Å². The molecule has 2 aromatic carbocycles. The zero-order valence-electron chi connectivity index (χ0n) is 15.3. The first-order chi connectivity index (χ1) is 12.6. The lowest BCUT2D eigenvalue weighted by molar-refractivity contribution is 0.0734. The van der Waals surface area contributed by atoms with Gasteiger partial charge in [-0.3, -0.25) is 0 Å². The maximum Gasteiger partial charge on any atom is 0.343 e. The van der Waals surface area contributed by atoms with E-state index in [0.717, 1.165) is 31.7 Å². The van der Waals surface area contributed by atoms with E-state index < -0.39 is 11.8 Å². The zero-order chi connectivity index (χ0) is 18.8. The number of hydrogen-bond acceptors (Lipinski definition) is 4. The van der Waals surface area contributed by atoms with Crippen LogP contribution in [-0.2, 0) is 0 Å². The summed E-state index contributed by atoms with van der Waals surface area (Å²) < 4.78 is 30.1. The maximum atomic E-state index is 14.1. The van der Waals surface area contributed by atoms with Crippen molar-refractivity contribution in [3.05, 3.63) is 53.8 Å². The van der Waals surface area contributed by atoms with Crippen molar-refractivity contribution in [2.45, 2.75) is 39.5 Å². The van der Waals surface area contributed by atoms with E-state index in [-0.39, 0.29) is 11.5 Å². The average Bonchev–Trinajstić information content (AvgIpc) is 2.64. The molecule has 0 radical (unpaired) electrons. The Balaban J connectivity index is 1.90. The van der Waals surface area contributed by atoms with Crippen LogP contribution in [-0.4, -0.2) is 19.2 Å². The topological polar surface area (TPSA) is 44.8 Å². The van der Waals surface area contributed by atoms with Crippen LogP contribution in [0.3, 0.4) is 0 Å². The quantitative estimate of drug-likeness (QED) is 0.323. The van der Waals surface area contributed by atoms with E-state index in [0.29, 0.717) is 24.5 Å². The van der Waals surface area contributed by atoms with E-state index >= 15 is 0 Å². The van der Waals surface area contributed by atoms with Gasteiger partial charge in [0, 0.05) is 6.07 Å². The molecule has 0 amide bonds. The number of carbonyl (C=O) groups excluding carboxylic acids is 1. The van der Waals surface area contributed by atoms with Crippen molar-refractivity contribution in [1.29, 1.82) is 0 Å². The van der Waals surface area contributed by atoms with Crippen LogP contribution in [0.25, 0.3) is 0 Å². The second-order valence-electron chi connectivity index (χ2n) is 5.85. The smallest absolute Gasteiger partial charge is 0.343 e. The van der Waals surface area contributed by atoms with Gasteiger partial charge in [0.2, 0.25) is 0 Å². The van der Waals surface area contributed by atoms with E-state index in [1.807, 2.05) is 6.92 Å². The largest absolute Gasteiger partial charge is 0.494 e. The molecule has 140 valence electrons. The third kappa shape index (κ3) is 6.06. The van der Waals surface area contributed by atoms with E-state index in [2.05, 4.69) is 6.92 Å². The van der Waals surface area contributed by atoms with Crippen LogP contribution in [0.4, 0.5) is 4.39 Å². The number of ether oxygens (including phenoxy) is 3. The molecular weight excluding hydrogens is 335 g/mol. The predicted molar refractivity (Wildman–Crippen MR) is 98.6 cm³/mol. The van der Waals surface area contributed by atoms with Gasteiger partial charge in [-0.25, -0.2) is 9.18 Å². The van der Waals surface area contributed by atoms with E-state index in [1.54, 1.807) is 24.3 Å². The lowest BCUT2D eigenvalue weighted by Crippen LogP contribution is -2.09. The SMILES string of the molecule is CCCCCCOc1ccc(OC(=O)c2ccc(OCC)cc2)cc1F. The van der Waals surface area contributed by atoms with E-state index in [4.69, 9.17) is 14.2 Å². The Morgan fingerprint density at radius 3 is 2.31 bits per heavy atom. The first kappa shape index (κ1) is 19.8. The molecule has 0 unspecified atom stereocenters. The lowest BCUT2D eigenvalue weighted by atomic mass is 10.2. The van der Waals surface area contributed by atoms with Gasteiger partial charge in [0.15, 0.2) is 11.6 Å². The van der Waals surface area contributed by atoms with Crippen molar-refractivity contribution in [3.8, 4) is 17.2 Å². The Morgan fingerprint density at radius 1 is 0.923 bits per heavy atom. The van der Waals surface area contributed by atoms with Crippen molar-refractivity contribution in [2.24, 2.45) is 0 Å². The Kier molecular flexibility index (Phi) is 7.93. The molecule has 0 aliphatic carbocycles. The number of hydrogen-bond donors (Lipinski definition) is 0. The maximum absolute atomic E-state index is 14.1. The Hall–Kier alpha value is -2.56. The third-order valence-electron chi connectivity index (χ3n) is 3.77. The van der Waals surface area contributed by atoms with Crippen LogP contribution in [0, 0.1) is 5.82 Å². The number of unbranched alkanes of at least 4 members (excludes halogenated alkanes) is 3. The zero-order valence-corrected chi connectivity index (χ0v) is 15.3. The first-order valence-corrected chi connectivity index (χ1v) is 9.01. The van der Waals surface area contributed by atoms with Crippen LogP contribution >= 0.6 is 0 Å². The molecule has 0 spiro atoms. The van der Waals surface area contributed by atoms with Gasteiger partial charge in [0.25, 0.3) is 0 Å². The molecule has 5 heteroatoms. The number of benzene rings is 2. The van der Waals surface area contributed by atoms with Crippen molar-refractivity contribution in [1.82, 2.24) is 0 Å². The highest BCUT2D eigenvalue weighted by atomic mass is 19.1. The summed E-state index contributed by atoms with van der Waals surface area (Å²) in [5.74, 6) is -0.115. The minimum absolute atomic E-state index is 0.139. The Bertz CT molecular complexity index is 698. The van der Waals surface area contributed by atoms with Gasteiger partial charge in [-0.1, -0.05) is 26.2 Å². The van der Waals surface area contributed by atoms with Gasteiger partial charge in [-0.05, 0) is 49.7 Å². The predicted octanol–water partition coefficient (Wildman–Crippen LogP) is 5.40. The summed E-state index contributed by atoms with van der Waals surface area (Å²) in [6, 6.07) is 10.8. The van der Waals surface area contributed by atoms with Crippen LogP contribution in [0.15, 0.2) is 42.5 Å². The Morgan fingerprint density at radius 2 is 1.65 bits per heavy atom. The van der Waals surface area contributed by atoms with Gasteiger partial charge in [-0.15, -0.1) is 0 Å². The summed E-state index contributed by atoms with van der Waals surface area (Å²) in [7, 11) is 0. The molecule has 0 bridgehead atoms. The van der Waals surface area contributed by atoms with Gasteiger partial charge >= 0.3 is 5.97 Å². The molecule has 0 aliphatic heterocycles. The minimum atomic E-state index is -0.555. The third-order valence-corrected chi connectivity index (χ3v) is 3.77. The summed E-state index contributed by atoms with van der Waals surface area (Å²) in [6.07, 6.45) is 4.24. The van der Waals surface area contributed by atoms with Gasteiger partial charge < -0.3 is 14.2 Å². The summed E-state index contributed by atoms with van der Waals surface area (Å²) in [4.78, 5) is 12.1. The molecule has 0 aromatic heterocycles. The first-order valence-electron chi connectivity index (χ1n) is 9.01.